The van der Waals surface area contributed by atoms with E-state index in [1.165, 1.54) is 23.9 Å². The monoisotopic (exact) mass is 608 g/mol. The van der Waals surface area contributed by atoms with Crippen molar-refractivity contribution in [2.24, 2.45) is 7.05 Å². The van der Waals surface area contributed by atoms with Crippen molar-refractivity contribution in [3.63, 3.8) is 0 Å². The van der Waals surface area contributed by atoms with Gasteiger partial charge in [-0.25, -0.2) is 14.5 Å². The molecule has 1 N–H and O–H groups in total. The summed E-state index contributed by atoms with van der Waals surface area (Å²) in [5, 5.41) is 18.4. The van der Waals surface area contributed by atoms with Crippen molar-refractivity contribution in [3.05, 3.63) is 96.9 Å². The smallest absolute Gasteiger partial charge is 0.359 e. The molecule has 12 heteroatoms. The fraction of sp³-hybridized carbons (Fsp3) is 0.300. The van der Waals surface area contributed by atoms with Crippen LogP contribution in [0.15, 0.2) is 47.5 Å². The van der Waals surface area contributed by atoms with Gasteiger partial charge < -0.3 is 19.4 Å². The number of ether oxygens (including phenoxy) is 2. The Morgan fingerprint density at radius 2 is 1.95 bits per heavy atom. The summed E-state index contributed by atoms with van der Waals surface area (Å²) in [6.45, 7) is 7.71. The molecule has 0 spiro atoms. The van der Waals surface area contributed by atoms with Crippen LogP contribution >= 0.6 is 23.2 Å². The number of carbonyl (C=O) groups is 1. The van der Waals surface area contributed by atoms with E-state index in [-0.39, 0.29) is 34.5 Å². The van der Waals surface area contributed by atoms with Gasteiger partial charge in [0, 0.05) is 29.9 Å². The molecular weight excluding hydrogens is 579 g/mol. The lowest BCUT2D eigenvalue weighted by Gasteiger charge is -2.25. The summed E-state index contributed by atoms with van der Waals surface area (Å²) in [5.41, 5.74) is 3.69. The standard InChI is InChI=1S/C30H30Cl2N6O4/c1-7-42-30(40)27-25(28(16(2)3)38(36-27)23-12-19(13-33)34-14-24(23)41-6)26(21-9-8-18(31)10-17(21)4)35-20-11-22(32)29(39)37(5)15-20/h8-12,14-16,26,35H,7H2,1-6H3. The van der Waals surface area contributed by atoms with Crippen LogP contribution in [-0.2, 0) is 11.8 Å². The van der Waals surface area contributed by atoms with Crippen LogP contribution in [0.25, 0.3) is 5.69 Å². The molecule has 1 aromatic carbocycles. The summed E-state index contributed by atoms with van der Waals surface area (Å²) in [6, 6.07) is 9.93. The van der Waals surface area contributed by atoms with Crippen molar-refractivity contribution in [2.45, 2.75) is 39.7 Å². The van der Waals surface area contributed by atoms with Gasteiger partial charge >= 0.3 is 5.97 Å². The van der Waals surface area contributed by atoms with Crippen molar-refractivity contribution >= 4 is 34.9 Å². The number of benzene rings is 1. The third kappa shape index (κ3) is 5.98. The van der Waals surface area contributed by atoms with Crippen molar-refractivity contribution < 1.29 is 14.3 Å². The van der Waals surface area contributed by atoms with Gasteiger partial charge in [0.25, 0.3) is 5.56 Å². The summed E-state index contributed by atoms with van der Waals surface area (Å²) >= 11 is 12.6. The molecule has 3 heterocycles. The van der Waals surface area contributed by atoms with Gasteiger partial charge in [0.1, 0.15) is 22.5 Å². The van der Waals surface area contributed by atoms with E-state index in [1.807, 2.05) is 39.0 Å². The van der Waals surface area contributed by atoms with E-state index in [9.17, 15) is 14.9 Å². The highest BCUT2D eigenvalue weighted by Gasteiger charge is 2.34. The number of esters is 1. The highest BCUT2D eigenvalue weighted by molar-refractivity contribution is 6.31. The normalized spacial score (nSPS) is 11.7. The molecule has 10 nitrogen and oxygen atoms in total. The molecule has 0 aliphatic rings. The lowest BCUT2D eigenvalue weighted by Crippen LogP contribution is -2.22. The molecular formula is C30H30Cl2N6O4. The minimum atomic E-state index is -0.676. The van der Waals surface area contributed by atoms with Crippen LogP contribution in [0.2, 0.25) is 10.0 Å². The average Bonchev–Trinajstić information content (AvgIpc) is 3.35. The first-order chi connectivity index (χ1) is 20.0. The molecule has 0 bridgehead atoms. The molecule has 1 unspecified atom stereocenters. The Balaban J connectivity index is 2.11. The predicted octanol–water partition coefficient (Wildman–Crippen LogP) is 5.96. The van der Waals surface area contributed by atoms with E-state index >= 15 is 0 Å². The number of halogens is 2. The second-order valence-corrected chi connectivity index (χ2v) is 10.7. The van der Waals surface area contributed by atoms with Gasteiger partial charge in [-0.05, 0) is 49.1 Å². The molecule has 42 heavy (non-hydrogen) atoms. The summed E-state index contributed by atoms with van der Waals surface area (Å²) in [6.07, 6.45) is 3.07. The van der Waals surface area contributed by atoms with Crippen LogP contribution in [0.5, 0.6) is 5.75 Å². The molecule has 0 amide bonds. The Hall–Kier alpha value is -4.33. The molecule has 0 saturated heterocycles. The van der Waals surface area contributed by atoms with Crippen LogP contribution < -0.4 is 15.6 Å². The molecule has 1 atom stereocenters. The maximum Gasteiger partial charge on any atom is 0.359 e. The zero-order valence-corrected chi connectivity index (χ0v) is 25.5. The second kappa shape index (κ2) is 12.7. The fourth-order valence-electron chi connectivity index (χ4n) is 4.82. The Morgan fingerprint density at radius 1 is 1.21 bits per heavy atom. The number of hydrogen-bond acceptors (Lipinski definition) is 8. The lowest BCUT2D eigenvalue weighted by atomic mass is 9.90. The van der Waals surface area contributed by atoms with Crippen molar-refractivity contribution in [3.8, 4) is 17.5 Å². The van der Waals surface area contributed by atoms with Crippen LogP contribution in [0.4, 0.5) is 5.69 Å². The van der Waals surface area contributed by atoms with Gasteiger partial charge in [-0.3, -0.25) is 4.79 Å². The van der Waals surface area contributed by atoms with E-state index in [0.717, 1.165) is 11.1 Å². The molecule has 0 aliphatic carbocycles. The first-order valence-corrected chi connectivity index (χ1v) is 13.9. The SMILES string of the molecule is CCOC(=O)c1nn(-c2cc(C#N)ncc2OC)c(C(C)C)c1C(Nc1cc(Cl)c(=O)n(C)c1)c1ccc(Cl)cc1C. The second-order valence-electron chi connectivity index (χ2n) is 9.86. The van der Waals surface area contributed by atoms with Crippen LogP contribution in [0.3, 0.4) is 0 Å². The van der Waals surface area contributed by atoms with E-state index in [1.54, 1.807) is 37.0 Å². The number of nitrogens with zero attached hydrogens (tertiary/aromatic N) is 5. The van der Waals surface area contributed by atoms with E-state index in [0.29, 0.717) is 33.4 Å². The van der Waals surface area contributed by atoms with E-state index < -0.39 is 12.0 Å². The minimum absolute atomic E-state index is 0.0324. The average molecular weight is 610 g/mol. The number of aryl methyl sites for hydroxylation is 2. The zero-order chi connectivity index (χ0) is 30.7. The largest absolute Gasteiger partial charge is 0.493 e. The fourth-order valence-corrected chi connectivity index (χ4v) is 5.30. The molecule has 0 fully saturated rings. The molecule has 3 aromatic heterocycles. The minimum Gasteiger partial charge on any atom is -0.493 e. The number of aromatic nitrogens is 4. The number of nitrogens with one attached hydrogen (secondary N) is 1. The quantitative estimate of drug-likeness (QED) is 0.231. The summed E-state index contributed by atoms with van der Waals surface area (Å²) < 4.78 is 14.0. The Kier molecular flexibility index (Phi) is 9.24. The molecule has 218 valence electrons. The van der Waals surface area contributed by atoms with Gasteiger partial charge in [-0.2, -0.15) is 10.4 Å². The highest BCUT2D eigenvalue weighted by atomic mass is 35.5. The van der Waals surface area contributed by atoms with Crippen molar-refractivity contribution in [1.82, 2.24) is 19.3 Å². The van der Waals surface area contributed by atoms with Crippen LogP contribution in [-0.4, -0.2) is 39.0 Å². The van der Waals surface area contributed by atoms with E-state index in [4.69, 9.17) is 37.8 Å². The lowest BCUT2D eigenvalue weighted by molar-refractivity contribution is 0.0517. The van der Waals surface area contributed by atoms with E-state index in [2.05, 4.69) is 10.3 Å². The van der Waals surface area contributed by atoms with Gasteiger partial charge in [0.15, 0.2) is 11.4 Å². The first kappa shape index (κ1) is 30.6. The number of anilines is 1. The molecule has 0 saturated carbocycles. The molecule has 4 rings (SSSR count). The number of methoxy groups -OCH3 is 1. The van der Waals surface area contributed by atoms with Crippen LogP contribution in [0, 0.1) is 18.3 Å². The highest BCUT2D eigenvalue weighted by Crippen LogP contribution is 2.39. The Bertz CT molecular complexity index is 1730. The van der Waals surface area contributed by atoms with Crippen molar-refractivity contribution in [1.29, 1.82) is 5.26 Å². The van der Waals surface area contributed by atoms with Crippen molar-refractivity contribution in [2.75, 3.05) is 19.0 Å². The summed E-state index contributed by atoms with van der Waals surface area (Å²) in [7, 11) is 3.09. The number of rotatable bonds is 9. The van der Waals surface area contributed by atoms with Gasteiger partial charge in [0.05, 0.1) is 37.3 Å². The summed E-state index contributed by atoms with van der Waals surface area (Å²) in [5.74, 6) is -0.448. The maximum atomic E-state index is 13.5. The van der Waals surface area contributed by atoms with Gasteiger partial charge in [-0.15, -0.1) is 0 Å². The number of carbonyl (C=O) groups excluding carboxylic acids is 1. The Morgan fingerprint density at radius 3 is 2.55 bits per heavy atom. The first-order valence-electron chi connectivity index (χ1n) is 13.1. The molecule has 0 aliphatic heterocycles. The Labute approximate surface area is 253 Å². The molecule has 4 aromatic rings. The van der Waals surface area contributed by atoms with Crippen LogP contribution in [0.1, 0.15) is 71.3 Å². The number of nitriles is 1. The predicted molar refractivity (Wildman–Crippen MR) is 161 cm³/mol. The third-order valence-electron chi connectivity index (χ3n) is 6.67. The van der Waals surface area contributed by atoms with Gasteiger partial charge in [0.2, 0.25) is 0 Å². The summed E-state index contributed by atoms with van der Waals surface area (Å²) in [4.78, 5) is 30.0. The third-order valence-corrected chi connectivity index (χ3v) is 7.17. The number of pyridine rings is 2. The van der Waals surface area contributed by atoms with Gasteiger partial charge in [-0.1, -0.05) is 43.1 Å². The zero-order valence-electron chi connectivity index (χ0n) is 24.0. The number of hydrogen-bond donors (Lipinski definition) is 1. The topological polar surface area (TPSA) is 124 Å². The molecule has 0 radical (unpaired) electrons. The maximum absolute atomic E-state index is 13.5.